The van der Waals surface area contributed by atoms with Gasteiger partial charge in [-0.1, -0.05) is 15.9 Å². The fourth-order valence-corrected chi connectivity index (χ4v) is 3.09. The molecule has 1 aliphatic carbocycles. The van der Waals surface area contributed by atoms with E-state index in [0.29, 0.717) is 44.3 Å². The quantitative estimate of drug-likeness (QED) is 0.703. The van der Waals surface area contributed by atoms with Crippen LogP contribution in [0.3, 0.4) is 0 Å². The van der Waals surface area contributed by atoms with Gasteiger partial charge >= 0.3 is 0 Å². The number of nitrogens with one attached hydrogen (secondary N) is 2. The van der Waals surface area contributed by atoms with Crippen molar-refractivity contribution in [3.8, 4) is 0 Å². The van der Waals surface area contributed by atoms with Gasteiger partial charge in [0.2, 0.25) is 11.8 Å². The molecule has 0 aromatic heterocycles. The molecule has 8 heteroatoms. The van der Waals surface area contributed by atoms with E-state index in [4.69, 9.17) is 0 Å². The fourth-order valence-electron chi connectivity index (χ4n) is 2.83. The van der Waals surface area contributed by atoms with Gasteiger partial charge in [0.1, 0.15) is 0 Å². The van der Waals surface area contributed by atoms with E-state index >= 15 is 0 Å². The molecule has 2 aliphatic rings. The van der Waals surface area contributed by atoms with Crippen LogP contribution in [0.1, 0.15) is 23.2 Å². The number of hydrogen-bond acceptors (Lipinski definition) is 4. The van der Waals surface area contributed by atoms with Gasteiger partial charge < -0.3 is 15.5 Å². The molecule has 3 rings (SSSR count). The van der Waals surface area contributed by atoms with Crippen molar-refractivity contribution >= 4 is 33.7 Å². The first-order chi connectivity index (χ1) is 12.5. The molecule has 0 spiro atoms. The highest BCUT2D eigenvalue weighted by Gasteiger charge is 2.26. The Bertz CT molecular complexity index is 668. The molecule has 1 aliphatic heterocycles. The summed E-state index contributed by atoms with van der Waals surface area (Å²) in [6.07, 6.45) is 2.17. The van der Waals surface area contributed by atoms with E-state index in [1.807, 2.05) is 0 Å². The Balaban J connectivity index is 1.37. The van der Waals surface area contributed by atoms with E-state index in [2.05, 4.69) is 31.5 Å². The minimum Gasteiger partial charge on any atom is -0.352 e. The Hall–Kier alpha value is -1.93. The Morgan fingerprint density at radius 2 is 1.69 bits per heavy atom. The molecular formula is C18H23BrN4O3. The first-order valence-electron chi connectivity index (χ1n) is 8.84. The van der Waals surface area contributed by atoms with Crippen LogP contribution in [0.15, 0.2) is 28.7 Å². The predicted molar refractivity (Wildman–Crippen MR) is 101 cm³/mol. The third-order valence-electron chi connectivity index (χ3n) is 4.54. The largest absolute Gasteiger partial charge is 0.352 e. The molecule has 2 fully saturated rings. The minimum absolute atomic E-state index is 0.0168. The molecule has 140 valence electrons. The monoisotopic (exact) mass is 422 g/mol. The number of nitrogens with zero attached hydrogens (tertiary/aromatic N) is 2. The Morgan fingerprint density at radius 1 is 1.04 bits per heavy atom. The molecule has 3 amide bonds. The van der Waals surface area contributed by atoms with Crippen molar-refractivity contribution in [2.45, 2.75) is 18.9 Å². The third-order valence-corrected chi connectivity index (χ3v) is 5.07. The van der Waals surface area contributed by atoms with E-state index in [9.17, 15) is 14.4 Å². The number of benzene rings is 1. The van der Waals surface area contributed by atoms with Crippen LogP contribution in [-0.4, -0.2) is 72.8 Å². The fraction of sp³-hybridized carbons (Fsp3) is 0.500. The molecule has 2 N–H and O–H groups in total. The van der Waals surface area contributed by atoms with Crippen LogP contribution in [0.2, 0.25) is 0 Å². The second-order valence-corrected chi connectivity index (χ2v) is 7.60. The summed E-state index contributed by atoms with van der Waals surface area (Å²) >= 11 is 3.32. The average molecular weight is 423 g/mol. The van der Waals surface area contributed by atoms with Gasteiger partial charge in [-0.2, -0.15) is 0 Å². The van der Waals surface area contributed by atoms with Crippen LogP contribution in [0, 0.1) is 0 Å². The van der Waals surface area contributed by atoms with Crippen molar-refractivity contribution in [1.29, 1.82) is 0 Å². The Morgan fingerprint density at radius 3 is 2.31 bits per heavy atom. The topological polar surface area (TPSA) is 81.8 Å². The molecule has 26 heavy (non-hydrogen) atoms. The zero-order valence-electron chi connectivity index (χ0n) is 14.5. The smallest absolute Gasteiger partial charge is 0.251 e. The summed E-state index contributed by atoms with van der Waals surface area (Å²) in [4.78, 5) is 40.0. The number of carbonyl (C=O) groups is 3. The summed E-state index contributed by atoms with van der Waals surface area (Å²) in [5.74, 6) is -0.298. The van der Waals surface area contributed by atoms with Crippen molar-refractivity contribution < 1.29 is 14.4 Å². The number of rotatable bonds is 6. The molecule has 1 aromatic carbocycles. The van der Waals surface area contributed by atoms with Crippen molar-refractivity contribution in [1.82, 2.24) is 20.4 Å². The van der Waals surface area contributed by atoms with Crippen LogP contribution in [0.25, 0.3) is 0 Å². The summed E-state index contributed by atoms with van der Waals surface area (Å²) in [5, 5.41) is 5.64. The molecule has 0 bridgehead atoms. The van der Waals surface area contributed by atoms with Crippen molar-refractivity contribution in [2.24, 2.45) is 0 Å². The summed E-state index contributed by atoms with van der Waals surface area (Å²) < 4.78 is 0.897. The predicted octanol–water partition coefficient (Wildman–Crippen LogP) is 0.602. The van der Waals surface area contributed by atoms with Gasteiger partial charge in [-0.25, -0.2) is 0 Å². The molecule has 0 unspecified atom stereocenters. The van der Waals surface area contributed by atoms with E-state index in [-0.39, 0.29) is 24.3 Å². The van der Waals surface area contributed by atoms with E-state index in [1.165, 1.54) is 0 Å². The number of amides is 3. The van der Waals surface area contributed by atoms with Crippen molar-refractivity contribution in [2.75, 3.05) is 39.3 Å². The van der Waals surface area contributed by atoms with Crippen LogP contribution >= 0.6 is 15.9 Å². The molecule has 1 aromatic rings. The molecule has 1 heterocycles. The summed E-state index contributed by atoms with van der Waals surface area (Å²) in [7, 11) is 0. The normalized spacial score (nSPS) is 17.7. The maximum absolute atomic E-state index is 12.3. The average Bonchev–Trinajstić information content (AvgIpc) is 3.44. The van der Waals surface area contributed by atoms with Gasteiger partial charge in [-0.05, 0) is 37.1 Å². The van der Waals surface area contributed by atoms with E-state index in [1.54, 1.807) is 29.2 Å². The van der Waals surface area contributed by atoms with Crippen LogP contribution < -0.4 is 10.6 Å². The Labute approximate surface area is 161 Å². The standard InChI is InChI=1S/C18H23BrN4O3/c19-14-3-1-13(2-4-14)18(26)20-11-17(25)23-9-7-22(8-10-23)12-16(24)21-15-5-6-15/h1-4,15H,5-12H2,(H,20,26)(H,21,24). The van der Waals surface area contributed by atoms with Crippen molar-refractivity contribution in [3.63, 3.8) is 0 Å². The molecular weight excluding hydrogens is 400 g/mol. The third kappa shape index (κ3) is 5.54. The molecule has 1 saturated carbocycles. The SMILES string of the molecule is O=C(CN1CCN(C(=O)CNC(=O)c2ccc(Br)cc2)CC1)NC1CC1. The van der Waals surface area contributed by atoms with Crippen LogP contribution in [-0.2, 0) is 9.59 Å². The van der Waals surface area contributed by atoms with Gasteiger partial charge in [0.15, 0.2) is 0 Å². The zero-order valence-corrected chi connectivity index (χ0v) is 16.1. The van der Waals surface area contributed by atoms with Gasteiger partial charge in [-0.3, -0.25) is 19.3 Å². The first-order valence-corrected chi connectivity index (χ1v) is 9.64. The van der Waals surface area contributed by atoms with Crippen LogP contribution in [0.5, 0.6) is 0 Å². The molecule has 0 atom stereocenters. The van der Waals surface area contributed by atoms with Gasteiger partial charge in [0, 0.05) is 42.3 Å². The number of hydrogen-bond donors (Lipinski definition) is 2. The lowest BCUT2D eigenvalue weighted by Gasteiger charge is -2.34. The lowest BCUT2D eigenvalue weighted by Crippen LogP contribution is -2.53. The van der Waals surface area contributed by atoms with Gasteiger partial charge in [0.05, 0.1) is 13.1 Å². The summed E-state index contributed by atoms with van der Waals surface area (Å²) in [5.41, 5.74) is 0.521. The van der Waals surface area contributed by atoms with E-state index in [0.717, 1.165) is 17.3 Å². The molecule has 0 radical (unpaired) electrons. The second kappa shape index (κ2) is 8.64. The molecule has 1 saturated heterocycles. The van der Waals surface area contributed by atoms with Crippen LogP contribution in [0.4, 0.5) is 0 Å². The second-order valence-electron chi connectivity index (χ2n) is 6.69. The summed E-state index contributed by atoms with van der Waals surface area (Å²) in [6.45, 7) is 2.86. The maximum Gasteiger partial charge on any atom is 0.251 e. The number of carbonyl (C=O) groups excluding carboxylic acids is 3. The highest BCUT2D eigenvalue weighted by Crippen LogP contribution is 2.18. The number of piperazine rings is 1. The van der Waals surface area contributed by atoms with Crippen molar-refractivity contribution in [3.05, 3.63) is 34.3 Å². The van der Waals surface area contributed by atoms with Gasteiger partial charge in [0.25, 0.3) is 5.91 Å². The lowest BCUT2D eigenvalue weighted by atomic mass is 10.2. The molecule has 7 nitrogen and oxygen atoms in total. The van der Waals surface area contributed by atoms with E-state index < -0.39 is 0 Å². The highest BCUT2D eigenvalue weighted by molar-refractivity contribution is 9.10. The van der Waals surface area contributed by atoms with Gasteiger partial charge in [-0.15, -0.1) is 0 Å². The number of halogens is 1. The minimum atomic E-state index is -0.263. The first kappa shape index (κ1) is 18.8. The zero-order chi connectivity index (χ0) is 18.5. The highest BCUT2D eigenvalue weighted by atomic mass is 79.9. The Kier molecular flexibility index (Phi) is 6.26. The summed E-state index contributed by atoms with van der Waals surface area (Å²) in [6, 6.07) is 7.36. The lowest BCUT2D eigenvalue weighted by molar-refractivity contribution is -0.132. The maximum atomic E-state index is 12.3.